The fourth-order valence-electron chi connectivity index (χ4n) is 4.08. The summed E-state index contributed by atoms with van der Waals surface area (Å²) >= 11 is 0. The van der Waals surface area contributed by atoms with Gasteiger partial charge >= 0.3 is 0 Å². The van der Waals surface area contributed by atoms with Crippen LogP contribution in [0.15, 0.2) is 42.7 Å². The van der Waals surface area contributed by atoms with E-state index in [0.29, 0.717) is 5.92 Å². The van der Waals surface area contributed by atoms with Crippen LogP contribution in [0.4, 0.5) is 4.39 Å². The van der Waals surface area contributed by atoms with E-state index in [2.05, 4.69) is 18.2 Å². The molecule has 0 spiro atoms. The highest BCUT2D eigenvalue weighted by Gasteiger charge is 2.24. The average molecular weight is 321 g/mol. The van der Waals surface area contributed by atoms with Crippen LogP contribution in [0.1, 0.15) is 42.7 Å². The molecule has 24 heavy (non-hydrogen) atoms. The van der Waals surface area contributed by atoms with Gasteiger partial charge in [0.2, 0.25) is 0 Å². The van der Waals surface area contributed by atoms with Crippen LogP contribution in [0.2, 0.25) is 0 Å². The Hall–Kier alpha value is -2.29. The van der Waals surface area contributed by atoms with E-state index in [1.807, 2.05) is 30.9 Å². The number of aryl methyl sites for hydroxylation is 2. The number of para-hydroxylation sites is 1. The summed E-state index contributed by atoms with van der Waals surface area (Å²) in [5, 5.41) is 1.15. The van der Waals surface area contributed by atoms with Crippen LogP contribution in [0.5, 0.6) is 0 Å². The molecule has 0 aliphatic heterocycles. The highest BCUT2D eigenvalue weighted by atomic mass is 19.1. The molecular weight excluding hydrogens is 299 g/mol. The van der Waals surface area contributed by atoms with Gasteiger partial charge in [-0.2, -0.15) is 0 Å². The minimum atomic E-state index is -0.191. The van der Waals surface area contributed by atoms with Crippen molar-refractivity contribution in [2.24, 2.45) is 7.05 Å². The zero-order chi connectivity index (χ0) is 16.7. The quantitative estimate of drug-likeness (QED) is 0.618. The summed E-state index contributed by atoms with van der Waals surface area (Å²) < 4.78 is 15.6. The molecule has 1 aliphatic rings. The number of rotatable bonds is 2. The van der Waals surface area contributed by atoms with Gasteiger partial charge in [0.25, 0.3) is 6.33 Å². The van der Waals surface area contributed by atoms with Gasteiger partial charge in [-0.15, -0.1) is 0 Å². The van der Waals surface area contributed by atoms with Crippen molar-refractivity contribution in [2.45, 2.75) is 38.5 Å². The SMILES string of the molecule is Cc1cc(F)ccc1-c1c2cccc(C3CCCC3)c2nc[n+]1C. The number of hydrogen-bond donors (Lipinski definition) is 0. The summed E-state index contributed by atoms with van der Waals surface area (Å²) in [6.45, 7) is 1.96. The lowest BCUT2D eigenvalue weighted by Gasteiger charge is -2.13. The molecule has 0 saturated heterocycles. The van der Waals surface area contributed by atoms with Crippen molar-refractivity contribution in [2.75, 3.05) is 0 Å². The van der Waals surface area contributed by atoms with Gasteiger partial charge in [0.05, 0.1) is 12.4 Å². The number of nitrogens with zero attached hydrogens (tertiary/aromatic N) is 2. The minimum Gasteiger partial charge on any atom is -0.232 e. The Morgan fingerprint density at radius 1 is 1.12 bits per heavy atom. The molecule has 4 rings (SSSR count). The zero-order valence-corrected chi connectivity index (χ0v) is 14.2. The molecule has 2 aromatic carbocycles. The third-order valence-electron chi connectivity index (χ3n) is 5.27. The Bertz CT molecular complexity index is 911. The number of fused-ring (bicyclic) bond motifs is 1. The maximum Gasteiger partial charge on any atom is 0.287 e. The summed E-state index contributed by atoms with van der Waals surface area (Å²) in [7, 11) is 2.01. The van der Waals surface area contributed by atoms with Crippen LogP contribution >= 0.6 is 0 Å². The number of halogens is 1. The van der Waals surface area contributed by atoms with Crippen molar-refractivity contribution in [3.05, 3.63) is 59.7 Å². The number of benzene rings is 2. The van der Waals surface area contributed by atoms with Crippen molar-refractivity contribution in [3.8, 4) is 11.3 Å². The summed E-state index contributed by atoms with van der Waals surface area (Å²) in [4.78, 5) is 4.75. The van der Waals surface area contributed by atoms with E-state index in [0.717, 1.165) is 27.7 Å². The highest BCUT2D eigenvalue weighted by molar-refractivity contribution is 5.93. The lowest BCUT2D eigenvalue weighted by Crippen LogP contribution is -2.32. The number of hydrogen-bond acceptors (Lipinski definition) is 1. The molecule has 122 valence electrons. The Labute approximate surface area is 142 Å². The molecule has 1 fully saturated rings. The van der Waals surface area contributed by atoms with Crippen molar-refractivity contribution in [3.63, 3.8) is 0 Å². The molecular formula is C21H22FN2+. The minimum absolute atomic E-state index is 0.191. The smallest absolute Gasteiger partial charge is 0.232 e. The summed E-state index contributed by atoms with van der Waals surface area (Å²) in [6, 6.07) is 11.5. The molecule has 0 unspecified atom stereocenters. The largest absolute Gasteiger partial charge is 0.287 e. The first-order chi connectivity index (χ1) is 11.6. The molecule has 1 aliphatic carbocycles. The van der Waals surface area contributed by atoms with Crippen molar-refractivity contribution in [1.82, 2.24) is 4.98 Å². The van der Waals surface area contributed by atoms with Gasteiger partial charge in [0.1, 0.15) is 11.5 Å². The first-order valence-corrected chi connectivity index (χ1v) is 8.69. The molecule has 0 atom stereocenters. The second kappa shape index (κ2) is 5.97. The fraction of sp³-hybridized carbons (Fsp3) is 0.333. The van der Waals surface area contributed by atoms with Crippen LogP contribution in [0, 0.1) is 12.7 Å². The topological polar surface area (TPSA) is 16.8 Å². The average Bonchev–Trinajstić information content (AvgIpc) is 3.09. The van der Waals surface area contributed by atoms with Gasteiger partial charge in [-0.3, -0.25) is 0 Å². The summed E-state index contributed by atoms with van der Waals surface area (Å²) in [6.07, 6.45) is 7.02. The van der Waals surface area contributed by atoms with Gasteiger partial charge in [0, 0.05) is 11.1 Å². The van der Waals surface area contributed by atoms with Gasteiger partial charge in [0.15, 0.2) is 5.52 Å². The van der Waals surface area contributed by atoms with Crippen LogP contribution < -0.4 is 4.57 Å². The third kappa shape index (κ3) is 2.48. The first kappa shape index (κ1) is 15.3. The van der Waals surface area contributed by atoms with E-state index < -0.39 is 0 Å². The monoisotopic (exact) mass is 321 g/mol. The number of aromatic nitrogens is 2. The maximum absolute atomic E-state index is 13.5. The summed E-state index contributed by atoms with van der Waals surface area (Å²) in [5.74, 6) is 0.431. The Balaban J connectivity index is 1.98. The summed E-state index contributed by atoms with van der Waals surface area (Å²) in [5.41, 5.74) is 5.59. The van der Waals surface area contributed by atoms with Crippen molar-refractivity contribution < 1.29 is 8.96 Å². The Morgan fingerprint density at radius 3 is 2.67 bits per heavy atom. The molecule has 1 saturated carbocycles. The molecule has 3 aromatic rings. The predicted octanol–water partition coefficient (Wildman–Crippen LogP) is 4.83. The molecule has 3 heteroatoms. The predicted molar refractivity (Wildman–Crippen MR) is 94.3 cm³/mol. The van der Waals surface area contributed by atoms with Crippen LogP contribution in [-0.4, -0.2) is 4.98 Å². The molecule has 0 N–H and O–H groups in total. The second-order valence-electron chi connectivity index (χ2n) is 6.89. The molecule has 2 nitrogen and oxygen atoms in total. The maximum atomic E-state index is 13.5. The standard InChI is InChI=1S/C21H22FN2/c1-14-12-16(22)10-11-17(14)21-19-9-5-8-18(15-6-3-4-7-15)20(19)23-13-24(21)2/h5,8-13,15H,3-4,6-7H2,1-2H3/q+1. The van der Waals surface area contributed by atoms with E-state index in [-0.39, 0.29) is 5.82 Å². The lowest BCUT2D eigenvalue weighted by molar-refractivity contribution is -0.662. The van der Waals surface area contributed by atoms with Crippen LogP contribution in [-0.2, 0) is 7.05 Å². The fourth-order valence-corrected chi connectivity index (χ4v) is 4.08. The Kier molecular flexibility index (Phi) is 3.79. The molecule has 0 amide bonds. The van der Waals surface area contributed by atoms with Gasteiger partial charge in [-0.1, -0.05) is 25.0 Å². The van der Waals surface area contributed by atoms with Crippen LogP contribution in [0.25, 0.3) is 22.2 Å². The van der Waals surface area contributed by atoms with Crippen LogP contribution in [0.3, 0.4) is 0 Å². The van der Waals surface area contributed by atoms with Gasteiger partial charge in [-0.25, -0.2) is 8.96 Å². The zero-order valence-electron chi connectivity index (χ0n) is 14.2. The second-order valence-corrected chi connectivity index (χ2v) is 6.89. The molecule has 0 radical (unpaired) electrons. The van der Waals surface area contributed by atoms with Gasteiger partial charge in [-0.05, 0) is 60.5 Å². The lowest BCUT2D eigenvalue weighted by atomic mass is 9.93. The van der Waals surface area contributed by atoms with E-state index in [9.17, 15) is 4.39 Å². The first-order valence-electron chi connectivity index (χ1n) is 8.69. The van der Waals surface area contributed by atoms with Crippen molar-refractivity contribution in [1.29, 1.82) is 0 Å². The molecule has 1 aromatic heterocycles. The molecule has 0 bridgehead atoms. The van der Waals surface area contributed by atoms with E-state index in [4.69, 9.17) is 4.98 Å². The van der Waals surface area contributed by atoms with E-state index in [1.54, 1.807) is 6.07 Å². The Morgan fingerprint density at radius 2 is 1.92 bits per heavy atom. The highest BCUT2D eigenvalue weighted by Crippen LogP contribution is 2.38. The van der Waals surface area contributed by atoms with Gasteiger partial charge < -0.3 is 0 Å². The normalized spacial score (nSPS) is 15.3. The third-order valence-corrected chi connectivity index (χ3v) is 5.27. The molecule has 1 heterocycles. The van der Waals surface area contributed by atoms with Crippen molar-refractivity contribution >= 4 is 10.9 Å². The van der Waals surface area contributed by atoms with E-state index in [1.165, 1.54) is 37.3 Å². The van der Waals surface area contributed by atoms with E-state index >= 15 is 0 Å².